The van der Waals surface area contributed by atoms with Crippen molar-refractivity contribution in [2.45, 2.75) is 12.5 Å². The minimum absolute atomic E-state index is 0. The number of nitro groups is 1. The van der Waals surface area contributed by atoms with E-state index in [1.807, 2.05) is 7.05 Å². The lowest BCUT2D eigenvalue weighted by atomic mass is 10.2. The van der Waals surface area contributed by atoms with Crippen LogP contribution >= 0.6 is 25.9 Å². The van der Waals surface area contributed by atoms with Gasteiger partial charge in [0.2, 0.25) is 0 Å². The van der Waals surface area contributed by atoms with Gasteiger partial charge in [-0.3, -0.25) is 10.1 Å². The van der Waals surface area contributed by atoms with Crippen LogP contribution in [0.15, 0.2) is 24.3 Å². The first-order valence-electron chi connectivity index (χ1n) is 5.36. The van der Waals surface area contributed by atoms with Gasteiger partial charge in [-0.25, -0.2) is 0 Å². The van der Waals surface area contributed by atoms with E-state index in [-0.39, 0.29) is 36.5 Å². The molecule has 1 atom stereocenters. The fraction of sp³-hybridized carbons (Fsp3) is 0.455. The van der Waals surface area contributed by atoms with Crippen LogP contribution in [0.4, 0.5) is 11.4 Å². The van der Waals surface area contributed by atoms with Crippen molar-refractivity contribution in [2.75, 3.05) is 25.0 Å². The van der Waals surface area contributed by atoms with E-state index < -0.39 is 0 Å². The molecule has 0 aromatic heterocycles. The normalized spacial score (nSPS) is 17.5. The van der Waals surface area contributed by atoms with Crippen molar-refractivity contribution in [1.82, 2.24) is 5.32 Å². The molecule has 5 nitrogen and oxygen atoms in total. The highest BCUT2D eigenvalue weighted by Crippen LogP contribution is 2.21. The zero-order valence-corrected chi connectivity index (χ0v) is 11.9. The molecule has 7 heteroatoms. The number of nitrogens with one attached hydrogen (secondary N) is 1. The van der Waals surface area contributed by atoms with Crippen LogP contribution < -0.4 is 10.2 Å². The Morgan fingerprint density at radius 2 is 2.00 bits per heavy atom. The van der Waals surface area contributed by atoms with Crippen LogP contribution in [0, 0.1) is 10.1 Å². The summed E-state index contributed by atoms with van der Waals surface area (Å²) >= 11 is 0. The van der Waals surface area contributed by atoms with Gasteiger partial charge in [-0.05, 0) is 25.1 Å². The third kappa shape index (κ3) is 3.76. The highest BCUT2D eigenvalue weighted by molar-refractivity contribution is 7.59. The molecular formula is C11H18ClN3O2S. The van der Waals surface area contributed by atoms with E-state index >= 15 is 0 Å². The van der Waals surface area contributed by atoms with Crippen molar-refractivity contribution >= 4 is 37.3 Å². The first kappa shape index (κ1) is 17.0. The summed E-state index contributed by atoms with van der Waals surface area (Å²) in [5.74, 6) is 0. The Bertz CT molecular complexity index is 382. The Morgan fingerprint density at radius 3 is 2.44 bits per heavy atom. The number of likely N-dealkylation sites (N-methyl/N-ethyl adjacent to an activating group) is 1. The van der Waals surface area contributed by atoms with E-state index in [0.717, 1.165) is 25.2 Å². The van der Waals surface area contributed by atoms with E-state index in [9.17, 15) is 10.1 Å². The van der Waals surface area contributed by atoms with Crippen LogP contribution in [0.1, 0.15) is 6.42 Å². The summed E-state index contributed by atoms with van der Waals surface area (Å²) in [7, 11) is 2.03. The number of rotatable bonds is 3. The number of non-ortho nitro benzene ring substituents is 1. The fourth-order valence-electron chi connectivity index (χ4n) is 1.99. The molecule has 0 saturated carbocycles. The molecule has 1 heterocycles. The molecule has 1 aliphatic rings. The van der Waals surface area contributed by atoms with Gasteiger partial charge in [0.25, 0.3) is 5.69 Å². The number of hydrogen-bond donors (Lipinski definition) is 1. The number of hydrogen-bond acceptors (Lipinski definition) is 4. The molecule has 0 radical (unpaired) electrons. The van der Waals surface area contributed by atoms with Crippen molar-refractivity contribution in [3.8, 4) is 0 Å². The van der Waals surface area contributed by atoms with E-state index in [1.54, 1.807) is 24.3 Å². The average Bonchev–Trinajstić information content (AvgIpc) is 2.81. The zero-order chi connectivity index (χ0) is 11.5. The van der Waals surface area contributed by atoms with E-state index in [0.29, 0.717) is 6.04 Å². The molecule has 18 heavy (non-hydrogen) atoms. The van der Waals surface area contributed by atoms with Gasteiger partial charge < -0.3 is 10.2 Å². The van der Waals surface area contributed by atoms with Gasteiger partial charge in [0, 0.05) is 37.5 Å². The first-order valence-corrected chi connectivity index (χ1v) is 5.36. The second-order valence-electron chi connectivity index (χ2n) is 4.03. The van der Waals surface area contributed by atoms with Crippen molar-refractivity contribution in [2.24, 2.45) is 0 Å². The van der Waals surface area contributed by atoms with Gasteiger partial charge in [-0.1, -0.05) is 0 Å². The summed E-state index contributed by atoms with van der Waals surface area (Å²) in [6.07, 6.45) is 1.12. The Hall–Kier alpha value is -0.980. The predicted molar refractivity (Wildman–Crippen MR) is 80.4 cm³/mol. The molecule has 0 spiro atoms. The van der Waals surface area contributed by atoms with Crippen molar-refractivity contribution in [3.05, 3.63) is 34.4 Å². The number of halogens is 1. The monoisotopic (exact) mass is 291 g/mol. The highest BCUT2D eigenvalue weighted by Gasteiger charge is 2.19. The second kappa shape index (κ2) is 7.45. The van der Waals surface area contributed by atoms with E-state index in [4.69, 9.17) is 0 Å². The zero-order valence-electron chi connectivity index (χ0n) is 10.1. The molecule has 0 bridgehead atoms. The molecule has 1 N–H and O–H groups in total. The molecule has 0 unspecified atom stereocenters. The summed E-state index contributed by atoms with van der Waals surface area (Å²) in [4.78, 5) is 12.3. The molecule has 1 aromatic carbocycles. The van der Waals surface area contributed by atoms with Crippen molar-refractivity contribution in [3.63, 3.8) is 0 Å². The van der Waals surface area contributed by atoms with Crippen LogP contribution in [0.2, 0.25) is 0 Å². The number of nitrogens with zero attached hydrogens (tertiary/aromatic N) is 2. The van der Waals surface area contributed by atoms with Gasteiger partial charge in [-0.2, -0.15) is 13.5 Å². The van der Waals surface area contributed by atoms with E-state index in [1.165, 1.54) is 0 Å². The van der Waals surface area contributed by atoms with Crippen molar-refractivity contribution < 1.29 is 4.92 Å². The Labute approximate surface area is 120 Å². The predicted octanol–water partition coefficient (Wildman–Crippen LogP) is 1.93. The maximum Gasteiger partial charge on any atom is 0.269 e. The average molecular weight is 292 g/mol. The largest absolute Gasteiger partial charge is 0.370 e. The third-order valence-electron chi connectivity index (χ3n) is 3.05. The Balaban J connectivity index is 0.00000144. The molecule has 1 fully saturated rings. The highest BCUT2D eigenvalue weighted by atomic mass is 35.5. The second-order valence-corrected chi connectivity index (χ2v) is 4.03. The van der Waals surface area contributed by atoms with E-state index in [2.05, 4.69) is 10.2 Å². The van der Waals surface area contributed by atoms with Gasteiger partial charge in [0.05, 0.1) is 4.92 Å². The van der Waals surface area contributed by atoms with Crippen LogP contribution in [0.3, 0.4) is 0 Å². The maximum absolute atomic E-state index is 10.5. The quantitative estimate of drug-likeness (QED) is 0.683. The summed E-state index contributed by atoms with van der Waals surface area (Å²) in [6, 6.07) is 7.19. The van der Waals surface area contributed by atoms with Gasteiger partial charge in [0.15, 0.2) is 0 Å². The molecule has 2 rings (SSSR count). The van der Waals surface area contributed by atoms with Crippen LogP contribution in [0.25, 0.3) is 0 Å². The third-order valence-corrected chi connectivity index (χ3v) is 3.05. The minimum Gasteiger partial charge on any atom is -0.370 e. The summed E-state index contributed by atoms with van der Waals surface area (Å²) in [5, 5.41) is 13.8. The molecule has 0 aliphatic carbocycles. The smallest absolute Gasteiger partial charge is 0.269 e. The lowest BCUT2D eigenvalue weighted by molar-refractivity contribution is -0.384. The lowest BCUT2D eigenvalue weighted by Gasteiger charge is -2.25. The summed E-state index contributed by atoms with van der Waals surface area (Å²) in [5.41, 5.74) is 1.17. The first-order chi connectivity index (χ1) is 7.68. The van der Waals surface area contributed by atoms with Crippen LogP contribution in [-0.4, -0.2) is 31.1 Å². The Kier molecular flexibility index (Phi) is 7.05. The lowest BCUT2D eigenvalue weighted by Crippen LogP contribution is -2.33. The van der Waals surface area contributed by atoms with Crippen LogP contribution in [-0.2, 0) is 0 Å². The maximum atomic E-state index is 10.5. The number of benzene rings is 1. The topological polar surface area (TPSA) is 58.4 Å². The minimum atomic E-state index is -0.374. The Morgan fingerprint density at radius 1 is 1.39 bits per heavy atom. The fourth-order valence-corrected chi connectivity index (χ4v) is 1.99. The number of nitro benzene ring substituents is 1. The number of anilines is 1. The van der Waals surface area contributed by atoms with Gasteiger partial charge >= 0.3 is 0 Å². The van der Waals surface area contributed by atoms with Gasteiger partial charge in [-0.15, -0.1) is 12.4 Å². The van der Waals surface area contributed by atoms with Crippen LogP contribution in [0.5, 0.6) is 0 Å². The molecule has 0 amide bonds. The van der Waals surface area contributed by atoms with Gasteiger partial charge in [0.1, 0.15) is 0 Å². The molecule has 1 saturated heterocycles. The molecule has 102 valence electrons. The molecular weight excluding hydrogens is 274 g/mol. The SMILES string of the molecule is CN(c1ccc([N+](=O)[O-])cc1)[C@H]1CCNC1.Cl.S. The van der Waals surface area contributed by atoms with Crippen molar-refractivity contribution in [1.29, 1.82) is 0 Å². The standard InChI is InChI=1S/C11H15N3O2.ClH.H2S/c1-13(11-6-7-12-8-11)9-2-4-10(5-3-9)14(15)16;;/h2-5,11-12H,6-8H2,1H3;1H;1H2/t11-;;/m0../s1. The molecule has 1 aliphatic heterocycles. The molecule has 1 aromatic rings. The summed E-state index contributed by atoms with van der Waals surface area (Å²) < 4.78 is 0. The summed E-state index contributed by atoms with van der Waals surface area (Å²) in [6.45, 7) is 2.02.